The van der Waals surface area contributed by atoms with Crippen LogP contribution in [-0.2, 0) is 0 Å². The van der Waals surface area contributed by atoms with E-state index in [0.717, 1.165) is 5.92 Å². The van der Waals surface area contributed by atoms with Crippen LogP contribution < -0.4 is 0 Å². The fraction of sp³-hybridized carbons (Fsp3) is 1.00. The van der Waals surface area contributed by atoms with E-state index in [0.29, 0.717) is 10.8 Å². The molecule has 0 nitrogen and oxygen atoms in total. The highest BCUT2D eigenvalue weighted by Crippen LogP contribution is 2.35. The summed E-state index contributed by atoms with van der Waals surface area (Å²) in [5.74, 6) is 0.853. The summed E-state index contributed by atoms with van der Waals surface area (Å²) in [5.41, 5.74) is 1.09. The molecule has 0 bridgehead atoms. The van der Waals surface area contributed by atoms with Crippen molar-refractivity contribution in [1.29, 1.82) is 0 Å². The Morgan fingerprint density at radius 2 is 1.38 bits per heavy atom. The van der Waals surface area contributed by atoms with E-state index in [9.17, 15) is 0 Å². The zero-order valence-electron chi connectivity index (χ0n) is 12.8. The van der Waals surface area contributed by atoms with Gasteiger partial charge in [0.05, 0.1) is 0 Å². The maximum absolute atomic E-state index is 2.44. The Hall–Kier alpha value is 0. The average Bonchev–Trinajstić information content (AvgIpc) is 2.23. The highest BCUT2D eigenvalue weighted by atomic mass is 14.3. The van der Waals surface area contributed by atoms with Crippen LogP contribution in [0.2, 0.25) is 0 Å². The molecule has 0 aliphatic heterocycles. The Bertz CT molecular complexity index is 176. The Balaban J connectivity index is 3.82. The van der Waals surface area contributed by atoms with Gasteiger partial charge < -0.3 is 0 Å². The first kappa shape index (κ1) is 16.0. The molecule has 0 aromatic heterocycles. The van der Waals surface area contributed by atoms with E-state index in [-0.39, 0.29) is 0 Å². The molecule has 0 heterocycles. The predicted octanol–water partition coefficient (Wildman–Crippen LogP) is 6.06. The standard InChI is InChI=1S/C16H34/c1-8-14(3)16(6,7)13-11-10-12-15(4,5)9-2/h14H,8-13H2,1-7H3. The summed E-state index contributed by atoms with van der Waals surface area (Å²) in [6.07, 6.45) is 8.21. The third-order valence-electron chi connectivity index (χ3n) is 4.83. The van der Waals surface area contributed by atoms with E-state index < -0.39 is 0 Å². The monoisotopic (exact) mass is 226 g/mol. The lowest BCUT2D eigenvalue weighted by molar-refractivity contribution is 0.193. The minimum atomic E-state index is 0.533. The summed E-state index contributed by atoms with van der Waals surface area (Å²) in [4.78, 5) is 0. The summed E-state index contributed by atoms with van der Waals surface area (Å²) >= 11 is 0. The largest absolute Gasteiger partial charge is 0.0651 e. The molecule has 16 heavy (non-hydrogen) atoms. The Morgan fingerprint density at radius 3 is 1.81 bits per heavy atom. The van der Waals surface area contributed by atoms with Gasteiger partial charge in [-0.3, -0.25) is 0 Å². The number of hydrogen-bond donors (Lipinski definition) is 0. The molecule has 0 saturated heterocycles. The molecule has 98 valence electrons. The maximum atomic E-state index is 2.44. The Kier molecular flexibility index (Phi) is 6.67. The van der Waals surface area contributed by atoms with Crippen molar-refractivity contribution in [3.63, 3.8) is 0 Å². The quantitative estimate of drug-likeness (QED) is 0.442. The lowest BCUT2D eigenvalue weighted by Crippen LogP contribution is -2.21. The first-order valence-electron chi connectivity index (χ1n) is 7.25. The van der Waals surface area contributed by atoms with Crippen LogP contribution in [-0.4, -0.2) is 0 Å². The molecule has 0 aromatic rings. The van der Waals surface area contributed by atoms with Gasteiger partial charge in [-0.1, -0.05) is 74.1 Å². The van der Waals surface area contributed by atoms with Crippen LogP contribution in [0.3, 0.4) is 0 Å². The molecule has 0 rings (SSSR count). The molecule has 1 unspecified atom stereocenters. The lowest BCUT2D eigenvalue weighted by atomic mass is 9.74. The molecule has 0 heteroatoms. The van der Waals surface area contributed by atoms with Gasteiger partial charge in [0, 0.05) is 0 Å². The maximum Gasteiger partial charge on any atom is -0.0329 e. The summed E-state index contributed by atoms with van der Waals surface area (Å²) in [7, 11) is 0. The SMILES string of the molecule is CCC(C)C(C)(C)CCCCC(C)(C)CC. The molecule has 0 saturated carbocycles. The third-order valence-corrected chi connectivity index (χ3v) is 4.83. The lowest BCUT2D eigenvalue weighted by Gasteiger charge is -2.32. The van der Waals surface area contributed by atoms with E-state index in [4.69, 9.17) is 0 Å². The summed E-state index contributed by atoms with van der Waals surface area (Å²) in [6, 6.07) is 0. The molecule has 0 aromatic carbocycles. The zero-order chi connectivity index (χ0) is 12.8. The van der Waals surface area contributed by atoms with Gasteiger partial charge in [0.2, 0.25) is 0 Å². The van der Waals surface area contributed by atoms with Crippen molar-refractivity contribution in [3.8, 4) is 0 Å². The summed E-state index contributed by atoms with van der Waals surface area (Å²) in [5, 5.41) is 0. The van der Waals surface area contributed by atoms with E-state index in [1.54, 1.807) is 0 Å². The molecule has 0 N–H and O–H groups in total. The second-order valence-electron chi connectivity index (χ2n) is 7.02. The van der Waals surface area contributed by atoms with E-state index in [2.05, 4.69) is 48.5 Å². The molecule has 0 radical (unpaired) electrons. The van der Waals surface area contributed by atoms with Gasteiger partial charge in [-0.05, 0) is 29.6 Å². The van der Waals surface area contributed by atoms with Crippen molar-refractivity contribution in [2.45, 2.75) is 87.0 Å². The molecular weight excluding hydrogens is 192 g/mol. The van der Waals surface area contributed by atoms with Crippen molar-refractivity contribution >= 4 is 0 Å². The second kappa shape index (κ2) is 6.67. The van der Waals surface area contributed by atoms with Crippen molar-refractivity contribution < 1.29 is 0 Å². The topological polar surface area (TPSA) is 0 Å². The van der Waals surface area contributed by atoms with Gasteiger partial charge in [-0.2, -0.15) is 0 Å². The average molecular weight is 226 g/mol. The molecule has 0 aliphatic carbocycles. The molecule has 0 spiro atoms. The first-order valence-corrected chi connectivity index (χ1v) is 7.25. The second-order valence-corrected chi connectivity index (χ2v) is 7.02. The van der Waals surface area contributed by atoms with Crippen LogP contribution in [0.15, 0.2) is 0 Å². The van der Waals surface area contributed by atoms with Crippen LogP contribution in [0.5, 0.6) is 0 Å². The van der Waals surface area contributed by atoms with E-state index in [1.165, 1.54) is 38.5 Å². The van der Waals surface area contributed by atoms with Crippen LogP contribution >= 0.6 is 0 Å². The van der Waals surface area contributed by atoms with Crippen LogP contribution in [0.1, 0.15) is 87.0 Å². The van der Waals surface area contributed by atoms with E-state index >= 15 is 0 Å². The summed E-state index contributed by atoms with van der Waals surface area (Å²) < 4.78 is 0. The van der Waals surface area contributed by atoms with Gasteiger partial charge in [-0.25, -0.2) is 0 Å². The van der Waals surface area contributed by atoms with Crippen LogP contribution in [0.4, 0.5) is 0 Å². The highest BCUT2D eigenvalue weighted by Gasteiger charge is 2.24. The molecule has 0 amide bonds. The predicted molar refractivity (Wildman–Crippen MR) is 75.8 cm³/mol. The molecule has 0 aliphatic rings. The van der Waals surface area contributed by atoms with Crippen molar-refractivity contribution in [3.05, 3.63) is 0 Å². The molecule has 1 atom stereocenters. The van der Waals surface area contributed by atoms with Crippen molar-refractivity contribution in [2.75, 3.05) is 0 Å². The number of hydrogen-bond acceptors (Lipinski definition) is 0. The summed E-state index contributed by atoms with van der Waals surface area (Å²) in [6.45, 7) is 16.7. The van der Waals surface area contributed by atoms with Crippen LogP contribution in [0.25, 0.3) is 0 Å². The highest BCUT2D eigenvalue weighted by molar-refractivity contribution is 4.75. The first-order chi connectivity index (χ1) is 7.25. The van der Waals surface area contributed by atoms with Gasteiger partial charge in [0.25, 0.3) is 0 Å². The molecular formula is C16H34. The van der Waals surface area contributed by atoms with Gasteiger partial charge in [0.15, 0.2) is 0 Å². The fourth-order valence-electron chi connectivity index (χ4n) is 2.16. The Labute approximate surface area is 104 Å². The Morgan fingerprint density at radius 1 is 0.875 bits per heavy atom. The van der Waals surface area contributed by atoms with E-state index in [1.807, 2.05) is 0 Å². The minimum Gasteiger partial charge on any atom is -0.0651 e. The van der Waals surface area contributed by atoms with Gasteiger partial charge in [0.1, 0.15) is 0 Å². The zero-order valence-corrected chi connectivity index (χ0v) is 12.8. The number of unbranched alkanes of at least 4 members (excludes halogenated alkanes) is 1. The third kappa shape index (κ3) is 5.92. The van der Waals surface area contributed by atoms with Gasteiger partial charge >= 0.3 is 0 Å². The fourth-order valence-corrected chi connectivity index (χ4v) is 2.16. The van der Waals surface area contributed by atoms with Crippen molar-refractivity contribution in [1.82, 2.24) is 0 Å². The van der Waals surface area contributed by atoms with Crippen LogP contribution in [0, 0.1) is 16.7 Å². The van der Waals surface area contributed by atoms with Crippen molar-refractivity contribution in [2.24, 2.45) is 16.7 Å². The minimum absolute atomic E-state index is 0.533. The normalized spacial score (nSPS) is 15.2. The number of rotatable bonds is 8. The van der Waals surface area contributed by atoms with Gasteiger partial charge in [-0.15, -0.1) is 0 Å². The molecule has 0 fully saturated rings. The smallest absolute Gasteiger partial charge is 0.0329 e.